The van der Waals surface area contributed by atoms with E-state index in [2.05, 4.69) is 9.97 Å². The summed E-state index contributed by atoms with van der Waals surface area (Å²) in [5, 5.41) is 0.262. The molecule has 20 heavy (non-hydrogen) atoms. The van der Waals surface area contributed by atoms with E-state index in [0.717, 1.165) is 0 Å². The number of pyridine rings is 1. The zero-order chi connectivity index (χ0) is 14.9. The lowest BCUT2D eigenvalue weighted by Gasteiger charge is -2.13. The minimum absolute atomic E-state index is 0.0500. The van der Waals surface area contributed by atoms with Gasteiger partial charge in [-0.1, -0.05) is 11.6 Å². The van der Waals surface area contributed by atoms with Crippen LogP contribution in [0.1, 0.15) is 24.5 Å². The molecule has 1 amide bonds. The first kappa shape index (κ1) is 15.1. The molecule has 5 nitrogen and oxygen atoms in total. The highest BCUT2D eigenvalue weighted by Crippen LogP contribution is 2.25. The molecule has 0 aliphatic heterocycles. The van der Waals surface area contributed by atoms with Crippen molar-refractivity contribution in [1.82, 2.24) is 19.4 Å². The van der Waals surface area contributed by atoms with Gasteiger partial charge < -0.3 is 9.47 Å². The summed E-state index contributed by atoms with van der Waals surface area (Å²) in [6.45, 7) is 2.34. The maximum Gasteiger partial charge on any atom is 0.223 e. The maximum absolute atomic E-state index is 11.7. The van der Waals surface area contributed by atoms with E-state index in [1.54, 1.807) is 31.3 Å². The number of nitrogens with zero attached hydrogens (tertiary/aromatic N) is 4. The van der Waals surface area contributed by atoms with Gasteiger partial charge in [-0.05, 0) is 13.0 Å². The van der Waals surface area contributed by atoms with Crippen molar-refractivity contribution >= 4 is 40.3 Å². The summed E-state index contributed by atoms with van der Waals surface area (Å²) in [5.41, 5.74) is 1.39. The van der Waals surface area contributed by atoms with Crippen LogP contribution in [0.2, 0.25) is 5.02 Å². The predicted octanol–water partition coefficient (Wildman–Crippen LogP) is 2.86. The minimum Gasteiger partial charge on any atom is -0.349 e. The topological polar surface area (TPSA) is 51.0 Å². The normalized spacial score (nSPS) is 12.7. The summed E-state index contributed by atoms with van der Waals surface area (Å²) in [4.78, 5) is 22.0. The molecule has 0 aromatic carbocycles. The molecule has 2 aromatic rings. The summed E-state index contributed by atoms with van der Waals surface area (Å²) in [5.74, 6) is 0.747. The molecule has 0 saturated heterocycles. The molecule has 2 aromatic heterocycles. The fourth-order valence-electron chi connectivity index (χ4n) is 1.96. The number of hydrogen-bond donors (Lipinski definition) is 0. The van der Waals surface area contributed by atoms with Crippen LogP contribution >= 0.6 is 23.2 Å². The SMILES string of the molecule is CC(Cl)c1nc2cc(Cl)cnc2n1CCC(=O)N(C)C. The van der Waals surface area contributed by atoms with Crippen molar-refractivity contribution in [3.63, 3.8) is 0 Å². The highest BCUT2D eigenvalue weighted by molar-refractivity contribution is 6.31. The number of amides is 1. The fourth-order valence-corrected chi connectivity index (χ4v) is 2.28. The minimum atomic E-state index is -0.266. The van der Waals surface area contributed by atoms with E-state index in [1.807, 2.05) is 11.5 Å². The Balaban J connectivity index is 2.39. The number of aromatic nitrogens is 3. The van der Waals surface area contributed by atoms with Crippen LogP contribution in [0.25, 0.3) is 11.2 Å². The van der Waals surface area contributed by atoms with Crippen LogP contribution in [-0.4, -0.2) is 39.4 Å². The van der Waals surface area contributed by atoms with Crippen molar-refractivity contribution in [2.75, 3.05) is 14.1 Å². The second-order valence-electron chi connectivity index (χ2n) is 4.77. The molecule has 0 bridgehead atoms. The zero-order valence-electron chi connectivity index (χ0n) is 11.6. The monoisotopic (exact) mass is 314 g/mol. The number of carbonyl (C=O) groups excluding carboxylic acids is 1. The van der Waals surface area contributed by atoms with E-state index < -0.39 is 0 Å². The lowest BCUT2D eigenvalue weighted by Crippen LogP contribution is -2.23. The second kappa shape index (κ2) is 5.97. The molecule has 7 heteroatoms. The van der Waals surface area contributed by atoms with E-state index in [9.17, 15) is 4.79 Å². The van der Waals surface area contributed by atoms with Crippen LogP contribution in [-0.2, 0) is 11.3 Å². The number of aryl methyl sites for hydroxylation is 1. The summed E-state index contributed by atoms with van der Waals surface area (Å²) >= 11 is 12.1. The van der Waals surface area contributed by atoms with Gasteiger partial charge in [0.1, 0.15) is 11.3 Å². The molecule has 0 aliphatic rings. The molecule has 2 heterocycles. The molecular weight excluding hydrogens is 299 g/mol. The van der Waals surface area contributed by atoms with Gasteiger partial charge in [-0.25, -0.2) is 9.97 Å². The van der Waals surface area contributed by atoms with Crippen LogP contribution < -0.4 is 0 Å². The Bertz CT molecular complexity index is 637. The summed E-state index contributed by atoms with van der Waals surface area (Å²) in [7, 11) is 3.47. The van der Waals surface area contributed by atoms with Crippen molar-refractivity contribution in [2.45, 2.75) is 25.3 Å². The molecule has 0 N–H and O–H groups in total. The van der Waals surface area contributed by atoms with Crippen LogP contribution in [0.15, 0.2) is 12.3 Å². The Labute approximate surface area is 127 Å². The first-order valence-corrected chi connectivity index (χ1v) is 7.07. The van der Waals surface area contributed by atoms with Crippen molar-refractivity contribution in [2.24, 2.45) is 0 Å². The lowest BCUT2D eigenvalue weighted by molar-refractivity contribution is -0.128. The van der Waals surface area contributed by atoms with Gasteiger partial charge in [-0.15, -0.1) is 11.6 Å². The largest absolute Gasteiger partial charge is 0.349 e. The zero-order valence-corrected chi connectivity index (χ0v) is 13.1. The molecule has 2 rings (SSSR count). The van der Waals surface area contributed by atoms with Crippen LogP contribution in [0, 0.1) is 0 Å². The highest BCUT2D eigenvalue weighted by atomic mass is 35.5. The Hall–Kier alpha value is -1.33. The van der Waals surface area contributed by atoms with Gasteiger partial charge in [0, 0.05) is 33.3 Å². The highest BCUT2D eigenvalue weighted by Gasteiger charge is 2.17. The van der Waals surface area contributed by atoms with Crippen molar-refractivity contribution in [3.05, 3.63) is 23.1 Å². The molecule has 1 atom stereocenters. The van der Waals surface area contributed by atoms with Gasteiger partial charge in [-0.3, -0.25) is 4.79 Å². The standard InChI is InChI=1S/C13H16Cl2N4O/c1-8(14)12-17-10-6-9(15)7-16-13(10)19(12)5-4-11(20)18(2)3/h6-8H,4-5H2,1-3H3. The lowest BCUT2D eigenvalue weighted by atomic mass is 10.3. The Morgan fingerprint density at radius 1 is 1.50 bits per heavy atom. The average molecular weight is 315 g/mol. The second-order valence-corrected chi connectivity index (χ2v) is 5.86. The first-order chi connectivity index (χ1) is 9.40. The van der Waals surface area contributed by atoms with Gasteiger partial charge in [0.05, 0.1) is 10.4 Å². The number of halogens is 2. The number of imidazole rings is 1. The molecule has 0 aliphatic carbocycles. The third-order valence-corrected chi connectivity index (χ3v) is 3.39. The van der Waals surface area contributed by atoms with E-state index in [0.29, 0.717) is 35.0 Å². The molecular formula is C13H16Cl2N4O. The maximum atomic E-state index is 11.7. The van der Waals surface area contributed by atoms with Gasteiger partial charge in [0.15, 0.2) is 5.65 Å². The number of rotatable bonds is 4. The van der Waals surface area contributed by atoms with E-state index in [-0.39, 0.29) is 11.3 Å². The number of alkyl halides is 1. The van der Waals surface area contributed by atoms with Crippen LogP contribution in [0.4, 0.5) is 0 Å². The van der Waals surface area contributed by atoms with Crippen molar-refractivity contribution in [3.8, 4) is 0 Å². The van der Waals surface area contributed by atoms with Crippen LogP contribution in [0.5, 0.6) is 0 Å². The number of fused-ring (bicyclic) bond motifs is 1. The predicted molar refractivity (Wildman–Crippen MR) is 80.1 cm³/mol. The quantitative estimate of drug-likeness (QED) is 0.815. The Morgan fingerprint density at radius 3 is 2.80 bits per heavy atom. The van der Waals surface area contributed by atoms with E-state index in [1.165, 1.54) is 0 Å². The molecule has 0 radical (unpaired) electrons. The Kier molecular flexibility index (Phi) is 4.50. The molecule has 0 saturated carbocycles. The van der Waals surface area contributed by atoms with Gasteiger partial charge >= 0.3 is 0 Å². The average Bonchev–Trinajstić information content (AvgIpc) is 2.73. The third kappa shape index (κ3) is 3.04. The number of hydrogen-bond acceptors (Lipinski definition) is 3. The molecule has 1 unspecified atom stereocenters. The van der Waals surface area contributed by atoms with Gasteiger partial charge in [0.25, 0.3) is 0 Å². The third-order valence-electron chi connectivity index (χ3n) is 2.98. The summed E-state index contributed by atoms with van der Waals surface area (Å²) in [6, 6.07) is 1.75. The van der Waals surface area contributed by atoms with Crippen LogP contribution in [0.3, 0.4) is 0 Å². The first-order valence-electron chi connectivity index (χ1n) is 6.26. The van der Waals surface area contributed by atoms with E-state index in [4.69, 9.17) is 23.2 Å². The molecule has 0 spiro atoms. The van der Waals surface area contributed by atoms with Crippen molar-refractivity contribution in [1.29, 1.82) is 0 Å². The molecule has 108 valence electrons. The van der Waals surface area contributed by atoms with Gasteiger partial charge in [-0.2, -0.15) is 0 Å². The van der Waals surface area contributed by atoms with Crippen molar-refractivity contribution < 1.29 is 4.79 Å². The summed E-state index contributed by atoms with van der Waals surface area (Å²) in [6.07, 6.45) is 1.94. The molecule has 0 fully saturated rings. The fraction of sp³-hybridized carbons (Fsp3) is 0.462. The van der Waals surface area contributed by atoms with Gasteiger partial charge in [0.2, 0.25) is 5.91 Å². The Morgan fingerprint density at radius 2 is 2.20 bits per heavy atom. The summed E-state index contributed by atoms with van der Waals surface area (Å²) < 4.78 is 1.88. The number of carbonyl (C=O) groups is 1. The smallest absolute Gasteiger partial charge is 0.223 e. The van der Waals surface area contributed by atoms with E-state index >= 15 is 0 Å².